The van der Waals surface area contributed by atoms with Gasteiger partial charge in [0.2, 0.25) is 10.0 Å². The molecule has 0 spiro atoms. The van der Waals surface area contributed by atoms with Crippen LogP contribution < -0.4 is 4.74 Å². The third-order valence-corrected chi connectivity index (χ3v) is 6.84. The Morgan fingerprint density at radius 1 is 1.24 bits per heavy atom. The number of ether oxygens (including phenoxy) is 1. The van der Waals surface area contributed by atoms with E-state index < -0.39 is 10.0 Å². The van der Waals surface area contributed by atoms with Gasteiger partial charge in [-0.2, -0.15) is 4.31 Å². The van der Waals surface area contributed by atoms with Crippen LogP contribution in [0.1, 0.15) is 32.1 Å². The van der Waals surface area contributed by atoms with Gasteiger partial charge >= 0.3 is 0 Å². The van der Waals surface area contributed by atoms with Gasteiger partial charge in [0.15, 0.2) is 0 Å². The number of rotatable bonds is 4. The lowest BCUT2D eigenvalue weighted by molar-refractivity contribution is 0.191. The van der Waals surface area contributed by atoms with Crippen molar-refractivity contribution in [2.45, 2.75) is 43.0 Å². The van der Waals surface area contributed by atoms with Gasteiger partial charge < -0.3 is 4.74 Å². The fraction of sp³-hybridized carbons (Fsp3) is 0.600. The molecular formula is C15H20ClNO3S. The lowest BCUT2D eigenvalue weighted by atomic mass is 9.79. The quantitative estimate of drug-likeness (QED) is 0.851. The second-order valence-corrected chi connectivity index (χ2v) is 8.11. The summed E-state index contributed by atoms with van der Waals surface area (Å²) in [6.07, 6.45) is 5.40. The molecule has 3 rings (SSSR count). The molecule has 2 fully saturated rings. The third kappa shape index (κ3) is 2.67. The van der Waals surface area contributed by atoms with Crippen LogP contribution in [-0.2, 0) is 10.0 Å². The Morgan fingerprint density at radius 2 is 2.00 bits per heavy atom. The molecular weight excluding hydrogens is 310 g/mol. The predicted molar refractivity (Wildman–Crippen MR) is 82.3 cm³/mol. The third-order valence-electron chi connectivity index (χ3n) is 4.65. The molecule has 1 aliphatic heterocycles. The van der Waals surface area contributed by atoms with E-state index in [4.69, 9.17) is 16.3 Å². The molecule has 0 amide bonds. The average molecular weight is 330 g/mol. The summed E-state index contributed by atoms with van der Waals surface area (Å²) in [5, 5.41) is 0.411. The molecule has 1 aromatic rings. The molecule has 6 heteroatoms. The van der Waals surface area contributed by atoms with Crippen LogP contribution in [0, 0.1) is 5.92 Å². The van der Waals surface area contributed by atoms with Crippen molar-refractivity contribution in [3.05, 3.63) is 23.2 Å². The lowest BCUT2D eigenvalue weighted by Crippen LogP contribution is -2.42. The molecule has 21 heavy (non-hydrogen) atoms. The van der Waals surface area contributed by atoms with Crippen LogP contribution in [0.5, 0.6) is 5.75 Å². The molecule has 2 aliphatic rings. The zero-order valence-corrected chi connectivity index (χ0v) is 13.7. The van der Waals surface area contributed by atoms with Gasteiger partial charge in [-0.15, -0.1) is 0 Å². The van der Waals surface area contributed by atoms with Crippen molar-refractivity contribution in [1.82, 2.24) is 4.31 Å². The minimum atomic E-state index is -3.55. The van der Waals surface area contributed by atoms with E-state index in [1.165, 1.54) is 19.6 Å². The first-order chi connectivity index (χ1) is 10.0. The lowest BCUT2D eigenvalue weighted by Gasteiger charge is -2.36. The Bertz CT molecular complexity index is 628. The van der Waals surface area contributed by atoms with E-state index in [1.54, 1.807) is 16.4 Å². The summed E-state index contributed by atoms with van der Waals surface area (Å²) >= 11 is 5.99. The first-order valence-electron chi connectivity index (χ1n) is 7.39. The SMILES string of the molecule is COc1ccc(Cl)cc1S(=O)(=O)N1CCCC1C1CCC1. The molecule has 1 aliphatic carbocycles. The van der Waals surface area contributed by atoms with Gasteiger partial charge in [0, 0.05) is 17.6 Å². The van der Waals surface area contributed by atoms with Crippen molar-refractivity contribution in [2.75, 3.05) is 13.7 Å². The number of nitrogens with zero attached hydrogens (tertiary/aromatic N) is 1. The zero-order valence-electron chi connectivity index (χ0n) is 12.1. The molecule has 0 radical (unpaired) electrons. The van der Waals surface area contributed by atoms with Crippen LogP contribution in [0.4, 0.5) is 0 Å². The smallest absolute Gasteiger partial charge is 0.247 e. The van der Waals surface area contributed by atoms with Gasteiger partial charge in [0.25, 0.3) is 0 Å². The summed E-state index contributed by atoms with van der Waals surface area (Å²) < 4.78 is 32.9. The maximum Gasteiger partial charge on any atom is 0.247 e. The molecule has 1 heterocycles. The minimum absolute atomic E-state index is 0.146. The molecule has 4 nitrogen and oxygen atoms in total. The maximum atomic E-state index is 13.0. The average Bonchev–Trinajstić information content (AvgIpc) is 2.86. The van der Waals surface area contributed by atoms with Gasteiger partial charge in [-0.05, 0) is 49.8 Å². The predicted octanol–water partition coefficient (Wildman–Crippen LogP) is 3.30. The number of sulfonamides is 1. The van der Waals surface area contributed by atoms with Crippen molar-refractivity contribution in [2.24, 2.45) is 5.92 Å². The fourth-order valence-electron chi connectivity index (χ4n) is 3.34. The first-order valence-corrected chi connectivity index (χ1v) is 9.21. The number of hydrogen-bond donors (Lipinski definition) is 0. The topological polar surface area (TPSA) is 46.6 Å². The van der Waals surface area contributed by atoms with Gasteiger partial charge in [0.05, 0.1) is 7.11 Å². The molecule has 0 N–H and O–H groups in total. The number of halogens is 1. The zero-order chi connectivity index (χ0) is 15.0. The van der Waals surface area contributed by atoms with Crippen molar-refractivity contribution >= 4 is 21.6 Å². The Kier molecular flexibility index (Phi) is 4.17. The second-order valence-electron chi connectivity index (χ2n) is 5.81. The van der Waals surface area contributed by atoms with Crippen LogP contribution in [0.2, 0.25) is 5.02 Å². The van der Waals surface area contributed by atoms with E-state index in [0.29, 0.717) is 23.2 Å². The summed E-state index contributed by atoms with van der Waals surface area (Å²) in [7, 11) is -2.07. The maximum absolute atomic E-state index is 13.0. The van der Waals surface area contributed by atoms with Gasteiger partial charge in [0.1, 0.15) is 10.6 Å². The Hall–Kier alpha value is -0.780. The summed E-state index contributed by atoms with van der Waals surface area (Å²) in [6.45, 7) is 0.596. The van der Waals surface area contributed by atoms with E-state index in [9.17, 15) is 8.42 Å². The Morgan fingerprint density at radius 3 is 2.62 bits per heavy atom. The summed E-state index contributed by atoms with van der Waals surface area (Å²) in [6, 6.07) is 4.90. The molecule has 0 aromatic heterocycles. The normalized spacial score (nSPS) is 24.0. The molecule has 116 valence electrons. The molecule has 1 aromatic carbocycles. The summed E-state index contributed by atoms with van der Waals surface area (Å²) in [4.78, 5) is 0.184. The molecule has 0 bridgehead atoms. The molecule has 1 saturated carbocycles. The van der Waals surface area contributed by atoms with E-state index in [2.05, 4.69) is 0 Å². The standard InChI is InChI=1S/C15H20ClNO3S/c1-20-14-8-7-12(16)10-15(14)21(18,19)17-9-3-6-13(17)11-4-2-5-11/h7-8,10-11,13H,2-6,9H2,1H3. The van der Waals surface area contributed by atoms with Crippen LogP contribution in [0.25, 0.3) is 0 Å². The van der Waals surface area contributed by atoms with Crippen molar-refractivity contribution in [1.29, 1.82) is 0 Å². The number of benzene rings is 1. The van der Waals surface area contributed by atoms with Crippen LogP contribution in [0.3, 0.4) is 0 Å². The highest BCUT2D eigenvalue weighted by Crippen LogP contribution is 2.41. The molecule has 1 unspecified atom stereocenters. The molecule has 1 saturated heterocycles. The number of hydrogen-bond acceptors (Lipinski definition) is 3. The van der Waals surface area contributed by atoms with Gasteiger partial charge in [-0.1, -0.05) is 18.0 Å². The number of methoxy groups -OCH3 is 1. The van der Waals surface area contributed by atoms with Crippen LogP contribution in [0.15, 0.2) is 23.1 Å². The highest BCUT2D eigenvalue weighted by atomic mass is 35.5. The fourth-order valence-corrected chi connectivity index (χ4v) is 5.51. The van der Waals surface area contributed by atoms with E-state index in [0.717, 1.165) is 25.7 Å². The van der Waals surface area contributed by atoms with Gasteiger partial charge in [-0.3, -0.25) is 0 Å². The monoisotopic (exact) mass is 329 g/mol. The Labute approximate surface area is 131 Å². The second kappa shape index (κ2) is 5.78. The van der Waals surface area contributed by atoms with Crippen LogP contribution in [-0.4, -0.2) is 32.4 Å². The molecule has 1 atom stereocenters. The highest BCUT2D eigenvalue weighted by Gasteiger charge is 2.42. The Balaban J connectivity index is 1.97. The van der Waals surface area contributed by atoms with Crippen molar-refractivity contribution in [3.63, 3.8) is 0 Å². The summed E-state index contributed by atoms with van der Waals surface area (Å²) in [5.74, 6) is 0.881. The van der Waals surface area contributed by atoms with Crippen LogP contribution >= 0.6 is 11.6 Å². The minimum Gasteiger partial charge on any atom is -0.495 e. The first kappa shape index (κ1) is 15.1. The van der Waals surface area contributed by atoms with E-state index in [1.807, 2.05) is 0 Å². The highest BCUT2D eigenvalue weighted by molar-refractivity contribution is 7.89. The van der Waals surface area contributed by atoms with Gasteiger partial charge in [-0.25, -0.2) is 8.42 Å². The van der Waals surface area contributed by atoms with Crippen molar-refractivity contribution < 1.29 is 13.2 Å². The largest absolute Gasteiger partial charge is 0.495 e. The summed E-state index contributed by atoms with van der Waals surface area (Å²) in [5.41, 5.74) is 0. The van der Waals surface area contributed by atoms with Crippen molar-refractivity contribution in [3.8, 4) is 5.75 Å². The van der Waals surface area contributed by atoms with E-state index >= 15 is 0 Å². The van der Waals surface area contributed by atoms with E-state index in [-0.39, 0.29) is 10.9 Å².